The third-order valence-corrected chi connectivity index (χ3v) is 5.99. The van der Waals surface area contributed by atoms with Gasteiger partial charge in [0.25, 0.3) is 5.91 Å². The average Bonchev–Trinajstić information content (AvgIpc) is 3.43. The number of aryl methyl sites for hydroxylation is 1. The van der Waals surface area contributed by atoms with Gasteiger partial charge in [0.15, 0.2) is 11.6 Å². The Hall–Kier alpha value is -3.10. The van der Waals surface area contributed by atoms with E-state index in [0.717, 1.165) is 18.6 Å². The van der Waals surface area contributed by atoms with E-state index in [0.29, 0.717) is 20.8 Å². The first-order chi connectivity index (χ1) is 16.4. The van der Waals surface area contributed by atoms with Gasteiger partial charge in [0.1, 0.15) is 23.9 Å². The maximum Gasteiger partial charge on any atom is 0.292 e. The number of benzene rings is 2. The van der Waals surface area contributed by atoms with Crippen molar-refractivity contribution < 1.29 is 18.3 Å². The van der Waals surface area contributed by atoms with Crippen molar-refractivity contribution in [1.82, 2.24) is 9.78 Å². The Labute approximate surface area is 209 Å². The van der Waals surface area contributed by atoms with E-state index in [9.17, 15) is 9.18 Å². The lowest BCUT2D eigenvalue weighted by Gasteiger charge is -2.06. The molecule has 34 heavy (non-hydrogen) atoms. The molecular formula is C25H22BrClFN3O3. The van der Waals surface area contributed by atoms with E-state index in [-0.39, 0.29) is 24.7 Å². The second kappa shape index (κ2) is 10.9. The number of hydrogen-bond donors (Lipinski definition) is 1. The number of hydrogen-bond acceptors (Lipinski definition) is 4. The standard InChI is InChI=1S/C25H22BrClFN3O3/c1-2-4-16-7-9-17(10-8-16)33-15-18-11-12-23(34-18)25(32)29-24-20(26)14-31(30-24)13-19-21(27)5-3-6-22(19)28/h3,5-12,14H,2,4,13,15H2,1H3,(H,29,30,32). The molecule has 176 valence electrons. The van der Waals surface area contributed by atoms with Crippen LogP contribution < -0.4 is 10.1 Å². The van der Waals surface area contributed by atoms with Crippen molar-refractivity contribution in [2.24, 2.45) is 0 Å². The summed E-state index contributed by atoms with van der Waals surface area (Å²) < 4.78 is 27.5. The zero-order valence-electron chi connectivity index (χ0n) is 18.4. The monoisotopic (exact) mass is 545 g/mol. The summed E-state index contributed by atoms with van der Waals surface area (Å²) in [5.74, 6) is 0.750. The van der Waals surface area contributed by atoms with Crippen LogP contribution in [0.2, 0.25) is 5.02 Å². The molecule has 0 atom stereocenters. The summed E-state index contributed by atoms with van der Waals surface area (Å²) in [6.45, 7) is 2.45. The molecule has 2 heterocycles. The lowest BCUT2D eigenvalue weighted by atomic mass is 10.1. The maximum absolute atomic E-state index is 14.1. The van der Waals surface area contributed by atoms with Crippen molar-refractivity contribution in [3.8, 4) is 5.75 Å². The molecule has 6 nitrogen and oxygen atoms in total. The fourth-order valence-electron chi connectivity index (χ4n) is 3.35. The van der Waals surface area contributed by atoms with Crippen molar-refractivity contribution in [1.29, 1.82) is 0 Å². The molecule has 0 aliphatic heterocycles. The van der Waals surface area contributed by atoms with E-state index in [1.165, 1.54) is 22.4 Å². The second-order valence-corrected chi connectivity index (χ2v) is 8.89. The molecule has 2 aromatic carbocycles. The Morgan fingerprint density at radius 2 is 2.00 bits per heavy atom. The Morgan fingerprint density at radius 1 is 1.21 bits per heavy atom. The molecular weight excluding hydrogens is 525 g/mol. The topological polar surface area (TPSA) is 69.3 Å². The van der Waals surface area contributed by atoms with Crippen LogP contribution in [0, 0.1) is 5.82 Å². The lowest BCUT2D eigenvalue weighted by Crippen LogP contribution is -2.12. The molecule has 0 saturated heterocycles. The lowest BCUT2D eigenvalue weighted by molar-refractivity contribution is 0.0992. The van der Waals surface area contributed by atoms with Gasteiger partial charge in [-0.15, -0.1) is 0 Å². The van der Waals surface area contributed by atoms with Gasteiger partial charge < -0.3 is 14.5 Å². The summed E-state index contributed by atoms with van der Waals surface area (Å²) in [5, 5.41) is 7.30. The first-order valence-corrected chi connectivity index (χ1v) is 11.9. The van der Waals surface area contributed by atoms with Gasteiger partial charge in [-0.05, 0) is 64.3 Å². The third-order valence-electron chi connectivity index (χ3n) is 5.06. The Kier molecular flexibility index (Phi) is 7.70. The quantitative estimate of drug-likeness (QED) is 0.249. The number of anilines is 1. The summed E-state index contributed by atoms with van der Waals surface area (Å²) in [5.41, 5.74) is 1.57. The minimum absolute atomic E-state index is 0.113. The second-order valence-electron chi connectivity index (χ2n) is 7.63. The Morgan fingerprint density at radius 3 is 2.74 bits per heavy atom. The number of carbonyl (C=O) groups excluding carboxylic acids is 1. The van der Waals surface area contributed by atoms with Gasteiger partial charge in [-0.2, -0.15) is 5.10 Å². The van der Waals surface area contributed by atoms with Crippen LogP contribution in [-0.2, 0) is 19.6 Å². The fourth-order valence-corrected chi connectivity index (χ4v) is 3.99. The van der Waals surface area contributed by atoms with Crippen LogP contribution in [0.3, 0.4) is 0 Å². The summed E-state index contributed by atoms with van der Waals surface area (Å²) in [6, 6.07) is 15.7. The SMILES string of the molecule is CCCc1ccc(OCc2ccc(C(=O)Nc3nn(Cc4c(F)cccc4Cl)cc3Br)o2)cc1. The minimum atomic E-state index is -0.468. The van der Waals surface area contributed by atoms with E-state index in [1.54, 1.807) is 24.4 Å². The summed E-state index contributed by atoms with van der Waals surface area (Å²) in [7, 11) is 0. The first kappa shape index (κ1) is 24.0. The highest BCUT2D eigenvalue weighted by Gasteiger charge is 2.17. The Balaban J connectivity index is 1.36. The normalized spacial score (nSPS) is 10.9. The highest BCUT2D eigenvalue weighted by Crippen LogP contribution is 2.25. The molecule has 0 aliphatic carbocycles. The molecule has 4 aromatic rings. The molecule has 4 rings (SSSR count). The van der Waals surface area contributed by atoms with Gasteiger partial charge in [0, 0.05) is 16.8 Å². The molecule has 9 heteroatoms. The molecule has 0 bridgehead atoms. The fraction of sp³-hybridized carbons (Fsp3) is 0.200. The number of rotatable bonds is 9. The number of nitrogens with one attached hydrogen (secondary N) is 1. The van der Waals surface area contributed by atoms with E-state index in [2.05, 4.69) is 33.3 Å². The van der Waals surface area contributed by atoms with E-state index in [4.69, 9.17) is 20.8 Å². The smallest absolute Gasteiger partial charge is 0.292 e. The van der Waals surface area contributed by atoms with Crippen LogP contribution in [0.15, 0.2) is 69.7 Å². The summed E-state index contributed by atoms with van der Waals surface area (Å²) in [4.78, 5) is 12.6. The third kappa shape index (κ3) is 5.87. The highest BCUT2D eigenvalue weighted by atomic mass is 79.9. The van der Waals surface area contributed by atoms with E-state index in [1.807, 2.05) is 24.3 Å². The molecule has 0 aliphatic rings. The van der Waals surface area contributed by atoms with Crippen molar-refractivity contribution in [2.45, 2.75) is 32.9 Å². The highest BCUT2D eigenvalue weighted by molar-refractivity contribution is 9.10. The predicted octanol–water partition coefficient (Wildman–Crippen LogP) is 6.86. The molecule has 1 N–H and O–H groups in total. The van der Waals surface area contributed by atoms with Crippen LogP contribution in [0.1, 0.15) is 40.8 Å². The van der Waals surface area contributed by atoms with Crippen LogP contribution in [-0.4, -0.2) is 15.7 Å². The zero-order valence-corrected chi connectivity index (χ0v) is 20.7. The van der Waals surface area contributed by atoms with Gasteiger partial charge in [0.2, 0.25) is 0 Å². The van der Waals surface area contributed by atoms with Crippen molar-refractivity contribution >= 4 is 39.3 Å². The molecule has 0 fully saturated rings. The Bertz CT molecular complexity index is 1270. The van der Waals surface area contributed by atoms with Crippen LogP contribution in [0.25, 0.3) is 0 Å². The van der Waals surface area contributed by atoms with Gasteiger partial charge in [0.05, 0.1) is 11.0 Å². The van der Waals surface area contributed by atoms with E-state index >= 15 is 0 Å². The van der Waals surface area contributed by atoms with Gasteiger partial charge in [-0.3, -0.25) is 9.48 Å². The number of nitrogens with zero attached hydrogens (tertiary/aromatic N) is 2. The van der Waals surface area contributed by atoms with Crippen molar-refractivity contribution in [3.05, 3.63) is 98.8 Å². The summed E-state index contributed by atoms with van der Waals surface area (Å²) in [6.07, 6.45) is 3.75. The maximum atomic E-state index is 14.1. The van der Waals surface area contributed by atoms with Crippen LogP contribution in [0.4, 0.5) is 10.2 Å². The van der Waals surface area contributed by atoms with Gasteiger partial charge >= 0.3 is 0 Å². The molecule has 2 aromatic heterocycles. The van der Waals surface area contributed by atoms with Gasteiger partial charge in [-0.25, -0.2) is 4.39 Å². The zero-order chi connectivity index (χ0) is 24.1. The predicted molar refractivity (Wildman–Crippen MR) is 132 cm³/mol. The van der Waals surface area contributed by atoms with Crippen LogP contribution in [0.5, 0.6) is 5.75 Å². The van der Waals surface area contributed by atoms with Crippen LogP contribution >= 0.6 is 27.5 Å². The average molecular weight is 547 g/mol. The van der Waals surface area contributed by atoms with Crippen molar-refractivity contribution in [3.63, 3.8) is 0 Å². The molecule has 1 amide bonds. The summed E-state index contributed by atoms with van der Waals surface area (Å²) >= 11 is 9.46. The largest absolute Gasteiger partial charge is 0.486 e. The number of furan rings is 1. The molecule has 0 radical (unpaired) electrons. The number of ether oxygens (including phenoxy) is 1. The molecule has 0 saturated carbocycles. The number of carbonyl (C=O) groups is 1. The minimum Gasteiger partial charge on any atom is -0.486 e. The first-order valence-electron chi connectivity index (χ1n) is 10.7. The number of aromatic nitrogens is 2. The molecule has 0 spiro atoms. The molecule has 0 unspecified atom stereocenters. The van der Waals surface area contributed by atoms with E-state index < -0.39 is 11.7 Å². The van der Waals surface area contributed by atoms with Crippen molar-refractivity contribution in [2.75, 3.05) is 5.32 Å². The number of amides is 1. The van der Waals surface area contributed by atoms with Gasteiger partial charge in [-0.1, -0.05) is 43.1 Å². The number of halogens is 3.